The van der Waals surface area contributed by atoms with Crippen LogP contribution in [0.3, 0.4) is 0 Å². The van der Waals surface area contributed by atoms with Gasteiger partial charge >= 0.3 is 0 Å². The predicted octanol–water partition coefficient (Wildman–Crippen LogP) is 13.7. The molecule has 10 rings (SSSR count). The van der Waals surface area contributed by atoms with Crippen LogP contribution in [-0.4, -0.2) is 15.0 Å². The average molecular weight is 755 g/mol. The largest absolute Gasteiger partial charge is 0.208 e. The number of nitrogens with zero attached hydrogens (tertiary/aromatic N) is 4. The van der Waals surface area contributed by atoms with Gasteiger partial charge in [0, 0.05) is 22.1 Å². The lowest BCUT2D eigenvalue weighted by Crippen LogP contribution is -2.14. The van der Waals surface area contributed by atoms with Gasteiger partial charge in [0.05, 0.1) is 11.6 Å². The predicted molar refractivity (Wildman–Crippen MR) is 240 cm³/mol. The molecular weight excluding hydrogens is 717 g/mol. The van der Waals surface area contributed by atoms with Gasteiger partial charge in [-0.2, -0.15) is 5.26 Å². The monoisotopic (exact) mass is 754 g/mol. The lowest BCUT2D eigenvalue weighted by atomic mass is 9.82. The van der Waals surface area contributed by atoms with Gasteiger partial charge in [0.2, 0.25) is 0 Å². The third kappa shape index (κ3) is 6.69. The molecule has 0 aliphatic heterocycles. The molecule has 278 valence electrons. The molecule has 9 aromatic rings. The quantitative estimate of drug-likeness (QED) is 0.163. The number of hydrogen-bond donors (Lipinski definition) is 0. The highest BCUT2D eigenvalue weighted by atomic mass is 15.0. The van der Waals surface area contributed by atoms with Crippen molar-refractivity contribution in [2.24, 2.45) is 0 Å². The van der Waals surface area contributed by atoms with Crippen molar-refractivity contribution in [2.45, 2.75) is 19.3 Å². The van der Waals surface area contributed by atoms with E-state index in [4.69, 9.17) is 15.0 Å². The number of benzene rings is 8. The third-order valence-corrected chi connectivity index (χ3v) is 11.6. The molecule has 4 nitrogen and oxygen atoms in total. The number of aromatic nitrogens is 3. The van der Waals surface area contributed by atoms with Crippen molar-refractivity contribution in [2.75, 3.05) is 0 Å². The maximum Gasteiger partial charge on any atom is 0.164 e. The summed E-state index contributed by atoms with van der Waals surface area (Å²) in [5.74, 6) is 1.86. The molecule has 0 saturated carbocycles. The first-order chi connectivity index (χ1) is 28.9. The summed E-state index contributed by atoms with van der Waals surface area (Å²) in [7, 11) is 0. The molecule has 1 aliphatic carbocycles. The Balaban J connectivity index is 0.992. The van der Waals surface area contributed by atoms with Gasteiger partial charge in [0.1, 0.15) is 0 Å². The Bertz CT molecular complexity index is 2980. The summed E-state index contributed by atoms with van der Waals surface area (Å²) < 4.78 is 0. The minimum atomic E-state index is -0.113. The fourth-order valence-electron chi connectivity index (χ4n) is 8.39. The Morgan fingerprint density at radius 3 is 1.20 bits per heavy atom. The molecule has 59 heavy (non-hydrogen) atoms. The van der Waals surface area contributed by atoms with Gasteiger partial charge in [0.25, 0.3) is 0 Å². The molecule has 1 heterocycles. The van der Waals surface area contributed by atoms with Gasteiger partial charge in [-0.3, -0.25) is 0 Å². The second-order valence-corrected chi connectivity index (χ2v) is 15.6. The van der Waals surface area contributed by atoms with E-state index in [1.165, 1.54) is 16.7 Å². The molecule has 0 radical (unpaired) electrons. The maximum atomic E-state index is 9.60. The fourth-order valence-corrected chi connectivity index (χ4v) is 8.39. The Hall–Kier alpha value is -7.74. The van der Waals surface area contributed by atoms with Crippen LogP contribution in [0.2, 0.25) is 0 Å². The lowest BCUT2D eigenvalue weighted by molar-refractivity contribution is 0.660. The minimum Gasteiger partial charge on any atom is -0.208 e. The smallest absolute Gasteiger partial charge is 0.164 e. The molecule has 0 fully saturated rings. The molecule has 1 aromatic heterocycles. The van der Waals surface area contributed by atoms with E-state index in [0.717, 1.165) is 66.8 Å². The van der Waals surface area contributed by atoms with Crippen molar-refractivity contribution < 1.29 is 0 Å². The van der Waals surface area contributed by atoms with Crippen LogP contribution in [-0.2, 0) is 5.41 Å². The summed E-state index contributed by atoms with van der Waals surface area (Å²) in [5, 5.41) is 9.60. The van der Waals surface area contributed by atoms with Gasteiger partial charge in [-0.05, 0) is 103 Å². The number of nitriles is 1. The third-order valence-electron chi connectivity index (χ3n) is 11.6. The molecule has 8 aromatic carbocycles. The molecule has 0 saturated heterocycles. The molecular formula is C55H38N4. The highest BCUT2D eigenvalue weighted by Gasteiger charge is 2.35. The van der Waals surface area contributed by atoms with E-state index in [-0.39, 0.29) is 5.41 Å². The van der Waals surface area contributed by atoms with E-state index in [1.807, 2.05) is 54.6 Å². The van der Waals surface area contributed by atoms with E-state index >= 15 is 0 Å². The van der Waals surface area contributed by atoms with Crippen LogP contribution in [0.1, 0.15) is 30.5 Å². The van der Waals surface area contributed by atoms with Gasteiger partial charge in [0.15, 0.2) is 17.5 Å². The summed E-state index contributed by atoms with van der Waals surface area (Å²) in [6.07, 6.45) is 0. The van der Waals surface area contributed by atoms with E-state index in [0.29, 0.717) is 23.0 Å². The zero-order chi connectivity index (χ0) is 39.9. The Labute approximate surface area is 344 Å². The molecule has 0 spiro atoms. The van der Waals surface area contributed by atoms with Crippen LogP contribution in [0.5, 0.6) is 0 Å². The Morgan fingerprint density at radius 1 is 0.339 bits per heavy atom. The van der Waals surface area contributed by atoms with Gasteiger partial charge in [-0.1, -0.05) is 172 Å². The van der Waals surface area contributed by atoms with Crippen LogP contribution in [0.15, 0.2) is 194 Å². The normalized spacial score (nSPS) is 12.4. The van der Waals surface area contributed by atoms with E-state index < -0.39 is 0 Å². The van der Waals surface area contributed by atoms with Gasteiger partial charge < -0.3 is 0 Å². The number of hydrogen-bond acceptors (Lipinski definition) is 4. The topological polar surface area (TPSA) is 62.5 Å². The van der Waals surface area contributed by atoms with Crippen molar-refractivity contribution in [3.8, 4) is 95.9 Å². The standard InChI is InChI=1S/C55H38N4/c1-55(2)50-28-18-36(35-56)30-48(50)49-34-44(27-29-51(49)55)41-21-19-39(20-22-41)40-23-25-43(26-24-40)53-57-52(42-16-10-5-11-17-42)58-54(59-53)47-32-45(37-12-6-3-7-13-37)31-46(33-47)38-14-8-4-9-15-38/h3-34H,1-2H3. The molecule has 0 unspecified atom stereocenters. The van der Waals surface area contributed by atoms with Crippen LogP contribution in [0, 0.1) is 11.3 Å². The summed E-state index contributed by atoms with van der Waals surface area (Å²) in [6, 6.07) is 69.9. The molecule has 0 atom stereocenters. The molecule has 0 N–H and O–H groups in total. The molecule has 4 heteroatoms. The Morgan fingerprint density at radius 2 is 0.695 bits per heavy atom. The molecule has 1 aliphatic rings. The molecule has 0 amide bonds. The van der Waals surface area contributed by atoms with Gasteiger partial charge in [-0.25, -0.2) is 15.0 Å². The van der Waals surface area contributed by atoms with Crippen LogP contribution in [0.4, 0.5) is 0 Å². The SMILES string of the molecule is CC1(C)c2ccc(C#N)cc2-c2cc(-c3ccc(-c4ccc(-c5nc(-c6ccccc6)nc(-c6cc(-c7ccccc7)cc(-c7ccccc7)c6)n5)cc4)cc3)ccc21. The van der Waals surface area contributed by atoms with Crippen molar-refractivity contribution in [3.63, 3.8) is 0 Å². The summed E-state index contributed by atoms with van der Waals surface area (Å²) in [6.45, 7) is 4.52. The highest BCUT2D eigenvalue weighted by Crippen LogP contribution is 2.50. The Kier molecular flexibility index (Phi) is 8.85. The van der Waals surface area contributed by atoms with Crippen LogP contribution < -0.4 is 0 Å². The first kappa shape index (κ1) is 35.7. The molecule has 0 bridgehead atoms. The van der Waals surface area contributed by atoms with Crippen molar-refractivity contribution in [3.05, 3.63) is 211 Å². The van der Waals surface area contributed by atoms with Crippen molar-refractivity contribution in [1.29, 1.82) is 5.26 Å². The number of rotatable bonds is 7. The number of fused-ring (bicyclic) bond motifs is 3. The lowest BCUT2D eigenvalue weighted by Gasteiger charge is -2.21. The zero-order valence-corrected chi connectivity index (χ0v) is 32.8. The summed E-state index contributed by atoms with van der Waals surface area (Å²) in [5.41, 5.74) is 17.2. The summed E-state index contributed by atoms with van der Waals surface area (Å²) >= 11 is 0. The fraction of sp³-hybridized carbons (Fsp3) is 0.0545. The first-order valence-electron chi connectivity index (χ1n) is 19.9. The van der Waals surface area contributed by atoms with E-state index in [2.05, 4.69) is 159 Å². The summed E-state index contributed by atoms with van der Waals surface area (Å²) in [4.78, 5) is 15.2. The van der Waals surface area contributed by atoms with E-state index in [9.17, 15) is 5.26 Å². The van der Waals surface area contributed by atoms with E-state index in [1.54, 1.807) is 0 Å². The second kappa shape index (κ2) is 14.6. The second-order valence-electron chi connectivity index (χ2n) is 15.6. The van der Waals surface area contributed by atoms with Crippen LogP contribution in [0.25, 0.3) is 89.8 Å². The first-order valence-corrected chi connectivity index (χ1v) is 19.9. The minimum absolute atomic E-state index is 0.113. The maximum absolute atomic E-state index is 9.60. The highest BCUT2D eigenvalue weighted by molar-refractivity contribution is 5.86. The van der Waals surface area contributed by atoms with Crippen molar-refractivity contribution in [1.82, 2.24) is 15.0 Å². The van der Waals surface area contributed by atoms with Crippen LogP contribution >= 0.6 is 0 Å². The van der Waals surface area contributed by atoms with Gasteiger partial charge in [-0.15, -0.1) is 0 Å². The average Bonchev–Trinajstić information content (AvgIpc) is 3.54. The van der Waals surface area contributed by atoms with Crippen molar-refractivity contribution >= 4 is 0 Å². The zero-order valence-electron chi connectivity index (χ0n) is 32.8.